The number of nitrogens with one attached hydrogen (secondary N) is 1. The minimum absolute atomic E-state index is 0.259. The van der Waals surface area contributed by atoms with Crippen LogP contribution < -0.4 is 4.72 Å². The van der Waals surface area contributed by atoms with Crippen LogP contribution >= 0.6 is 22.6 Å². The van der Waals surface area contributed by atoms with Crippen LogP contribution in [0.2, 0.25) is 0 Å². The molecule has 0 aliphatic heterocycles. The lowest BCUT2D eigenvalue weighted by atomic mass is 10.2. The average molecular weight is 333 g/mol. The molecule has 0 heterocycles. The van der Waals surface area contributed by atoms with E-state index in [1.165, 1.54) is 0 Å². The number of unbranched alkanes of at least 4 members (excludes halogenated alkanes) is 1. The van der Waals surface area contributed by atoms with E-state index in [2.05, 4.69) is 27.3 Å². The van der Waals surface area contributed by atoms with Crippen LogP contribution in [0.3, 0.4) is 0 Å². The summed E-state index contributed by atoms with van der Waals surface area (Å²) in [6, 6.07) is 0. The highest BCUT2D eigenvalue weighted by atomic mass is 127. The molecule has 0 aromatic rings. The van der Waals surface area contributed by atoms with Gasteiger partial charge in [-0.3, -0.25) is 0 Å². The van der Waals surface area contributed by atoms with Crippen molar-refractivity contribution in [2.75, 3.05) is 16.7 Å². The number of alkyl halides is 1. The van der Waals surface area contributed by atoms with E-state index in [-0.39, 0.29) is 5.75 Å². The molecule has 0 amide bonds. The van der Waals surface area contributed by atoms with Crippen molar-refractivity contribution < 1.29 is 8.42 Å². The first-order chi connectivity index (χ1) is 6.48. The van der Waals surface area contributed by atoms with Gasteiger partial charge in [-0.2, -0.15) is 0 Å². The second-order valence-electron chi connectivity index (χ2n) is 3.79. The number of sulfonamides is 1. The standard InChI is InChI=1S/C9H20INO2S/c1-9(2)5-8-14(12,13)11-7-4-3-6-10/h9,11H,3-8H2,1-2H3. The Balaban J connectivity index is 3.62. The molecule has 1 N–H and O–H groups in total. The Morgan fingerprint density at radius 3 is 2.43 bits per heavy atom. The third-order valence-corrected chi connectivity index (χ3v) is 4.03. The molecule has 0 fully saturated rings. The molecular weight excluding hydrogens is 313 g/mol. The van der Waals surface area contributed by atoms with Crippen LogP contribution in [0.5, 0.6) is 0 Å². The topological polar surface area (TPSA) is 46.2 Å². The Labute approximate surface area is 101 Å². The molecule has 0 unspecified atom stereocenters. The van der Waals surface area contributed by atoms with Gasteiger partial charge < -0.3 is 0 Å². The van der Waals surface area contributed by atoms with Crippen molar-refractivity contribution in [1.82, 2.24) is 4.72 Å². The molecule has 0 radical (unpaired) electrons. The van der Waals surface area contributed by atoms with Gasteiger partial charge in [-0.25, -0.2) is 13.1 Å². The fourth-order valence-electron chi connectivity index (χ4n) is 0.910. The lowest BCUT2D eigenvalue weighted by Gasteiger charge is -2.07. The van der Waals surface area contributed by atoms with Crippen LogP contribution in [-0.4, -0.2) is 25.1 Å². The van der Waals surface area contributed by atoms with Crippen LogP contribution in [0.4, 0.5) is 0 Å². The molecule has 0 saturated carbocycles. The van der Waals surface area contributed by atoms with E-state index >= 15 is 0 Å². The second-order valence-corrected chi connectivity index (χ2v) is 6.80. The van der Waals surface area contributed by atoms with E-state index in [9.17, 15) is 8.42 Å². The molecule has 0 aliphatic carbocycles. The molecule has 0 spiro atoms. The molecule has 3 nitrogen and oxygen atoms in total. The Morgan fingerprint density at radius 1 is 1.29 bits per heavy atom. The molecule has 86 valence electrons. The van der Waals surface area contributed by atoms with Gasteiger partial charge in [0.1, 0.15) is 0 Å². The maximum absolute atomic E-state index is 11.4. The molecular formula is C9H20INO2S. The summed E-state index contributed by atoms with van der Waals surface area (Å²) in [6.07, 6.45) is 2.75. The van der Waals surface area contributed by atoms with E-state index in [0.717, 1.165) is 23.7 Å². The zero-order valence-electron chi connectivity index (χ0n) is 8.92. The Hall–Kier alpha value is 0.640. The summed E-state index contributed by atoms with van der Waals surface area (Å²) in [4.78, 5) is 0. The highest BCUT2D eigenvalue weighted by Crippen LogP contribution is 2.02. The first-order valence-electron chi connectivity index (χ1n) is 5.01. The second kappa shape index (κ2) is 7.87. The quantitative estimate of drug-likeness (QED) is 0.420. The first kappa shape index (κ1) is 14.6. The molecule has 14 heavy (non-hydrogen) atoms. The van der Waals surface area contributed by atoms with Gasteiger partial charge >= 0.3 is 0 Å². The maximum Gasteiger partial charge on any atom is 0.211 e. The van der Waals surface area contributed by atoms with Gasteiger partial charge in [0, 0.05) is 6.54 Å². The van der Waals surface area contributed by atoms with Crippen molar-refractivity contribution in [1.29, 1.82) is 0 Å². The number of hydrogen-bond acceptors (Lipinski definition) is 2. The van der Waals surface area contributed by atoms with Gasteiger partial charge in [0.2, 0.25) is 10.0 Å². The van der Waals surface area contributed by atoms with Crippen molar-refractivity contribution >= 4 is 32.6 Å². The Morgan fingerprint density at radius 2 is 1.93 bits per heavy atom. The number of hydrogen-bond donors (Lipinski definition) is 1. The fourth-order valence-corrected chi connectivity index (χ4v) is 2.83. The van der Waals surface area contributed by atoms with Gasteiger partial charge in [-0.05, 0) is 29.6 Å². The zero-order chi connectivity index (χ0) is 11.0. The lowest BCUT2D eigenvalue weighted by molar-refractivity contribution is 0.560. The molecule has 0 rings (SSSR count). The van der Waals surface area contributed by atoms with E-state index < -0.39 is 10.0 Å². The number of rotatable bonds is 8. The monoisotopic (exact) mass is 333 g/mol. The highest BCUT2D eigenvalue weighted by Gasteiger charge is 2.09. The van der Waals surface area contributed by atoms with E-state index in [1.807, 2.05) is 13.8 Å². The molecule has 0 aromatic carbocycles. The normalized spacial score (nSPS) is 12.3. The molecule has 0 aliphatic rings. The van der Waals surface area contributed by atoms with Crippen LogP contribution in [0.25, 0.3) is 0 Å². The van der Waals surface area contributed by atoms with Gasteiger partial charge in [0.05, 0.1) is 5.75 Å². The van der Waals surface area contributed by atoms with E-state index in [0.29, 0.717) is 12.5 Å². The predicted molar refractivity (Wildman–Crippen MR) is 69.4 cm³/mol. The summed E-state index contributed by atoms with van der Waals surface area (Å²) in [5.74, 6) is 0.704. The minimum Gasteiger partial charge on any atom is -0.215 e. The fraction of sp³-hybridized carbons (Fsp3) is 1.00. The summed E-state index contributed by atoms with van der Waals surface area (Å²) in [7, 11) is -3.01. The van der Waals surface area contributed by atoms with E-state index in [1.54, 1.807) is 0 Å². The van der Waals surface area contributed by atoms with Crippen molar-refractivity contribution in [3.05, 3.63) is 0 Å². The zero-order valence-corrected chi connectivity index (χ0v) is 11.9. The van der Waals surface area contributed by atoms with Crippen LogP contribution in [0.15, 0.2) is 0 Å². The third kappa shape index (κ3) is 9.21. The van der Waals surface area contributed by atoms with Gasteiger partial charge in [0.25, 0.3) is 0 Å². The van der Waals surface area contributed by atoms with Crippen molar-refractivity contribution in [3.63, 3.8) is 0 Å². The third-order valence-electron chi connectivity index (χ3n) is 1.85. The van der Waals surface area contributed by atoms with Gasteiger partial charge in [-0.1, -0.05) is 36.4 Å². The minimum atomic E-state index is -3.01. The average Bonchev–Trinajstić information content (AvgIpc) is 2.10. The number of halogens is 1. The molecule has 0 aromatic heterocycles. The summed E-state index contributed by atoms with van der Waals surface area (Å²) in [5, 5.41) is 0. The summed E-state index contributed by atoms with van der Waals surface area (Å²) >= 11 is 2.30. The Bertz CT molecular complexity index is 227. The van der Waals surface area contributed by atoms with Gasteiger partial charge in [0.15, 0.2) is 0 Å². The van der Waals surface area contributed by atoms with E-state index in [4.69, 9.17) is 0 Å². The first-order valence-corrected chi connectivity index (χ1v) is 8.19. The lowest BCUT2D eigenvalue weighted by Crippen LogP contribution is -2.27. The smallest absolute Gasteiger partial charge is 0.211 e. The molecule has 0 bridgehead atoms. The van der Waals surface area contributed by atoms with Gasteiger partial charge in [-0.15, -0.1) is 0 Å². The summed E-state index contributed by atoms with van der Waals surface area (Å²) < 4.78 is 26.5. The van der Waals surface area contributed by atoms with Crippen LogP contribution in [-0.2, 0) is 10.0 Å². The predicted octanol–water partition coefficient (Wildman–Crippen LogP) is 2.17. The maximum atomic E-state index is 11.4. The van der Waals surface area contributed by atoms with Crippen molar-refractivity contribution in [3.8, 4) is 0 Å². The SMILES string of the molecule is CC(C)CCS(=O)(=O)NCCCCI. The molecule has 0 saturated heterocycles. The largest absolute Gasteiger partial charge is 0.215 e. The van der Waals surface area contributed by atoms with Crippen LogP contribution in [0, 0.1) is 5.92 Å². The van der Waals surface area contributed by atoms with Crippen molar-refractivity contribution in [2.45, 2.75) is 33.1 Å². The highest BCUT2D eigenvalue weighted by molar-refractivity contribution is 14.1. The Kier molecular flexibility index (Phi) is 8.23. The molecule has 5 heteroatoms. The van der Waals surface area contributed by atoms with Crippen molar-refractivity contribution in [2.24, 2.45) is 5.92 Å². The summed E-state index contributed by atoms with van der Waals surface area (Å²) in [6.45, 7) is 4.65. The van der Waals surface area contributed by atoms with Crippen LogP contribution in [0.1, 0.15) is 33.1 Å². The molecule has 0 atom stereocenters. The summed E-state index contributed by atoms with van der Waals surface area (Å²) in [5.41, 5.74) is 0.